The molecule has 2 rings (SSSR count). The number of hydrogen-bond donors (Lipinski definition) is 0. The van der Waals surface area contributed by atoms with Gasteiger partial charge >= 0.3 is 0 Å². The first-order valence-electron chi connectivity index (χ1n) is 5.66. The number of aryl methyl sites for hydroxylation is 1. The summed E-state index contributed by atoms with van der Waals surface area (Å²) in [6.45, 7) is 2.01. The van der Waals surface area contributed by atoms with Crippen LogP contribution >= 0.6 is 12.6 Å². The molecule has 0 bridgehead atoms. The Morgan fingerprint density at radius 2 is 1.78 bits per heavy atom. The van der Waals surface area contributed by atoms with Gasteiger partial charge in [0.2, 0.25) is 0 Å². The molecule has 0 fully saturated rings. The molecule has 0 atom stereocenters. The Kier molecular flexibility index (Phi) is 3.72. The van der Waals surface area contributed by atoms with Crippen LogP contribution in [0, 0.1) is 6.92 Å². The third-order valence-corrected chi connectivity index (χ3v) is 3.34. The van der Waals surface area contributed by atoms with Crippen molar-refractivity contribution in [3.63, 3.8) is 0 Å². The highest BCUT2D eigenvalue weighted by Gasteiger charge is 2.11. The lowest BCUT2D eigenvalue weighted by Gasteiger charge is -2.13. The predicted molar refractivity (Wildman–Crippen MR) is 75.6 cm³/mol. The molecule has 0 unspecified atom stereocenters. The first-order chi connectivity index (χ1) is 8.67. The quantitative estimate of drug-likeness (QED) is 0.821. The van der Waals surface area contributed by atoms with Gasteiger partial charge in [0.25, 0.3) is 0 Å². The molecule has 0 N–H and O–H groups in total. The molecule has 1 radical (unpaired) electrons. The molecule has 0 aliphatic heterocycles. The second-order valence-electron chi connectivity index (χ2n) is 4.02. The van der Waals surface area contributed by atoms with E-state index in [9.17, 15) is 0 Å². The van der Waals surface area contributed by atoms with Gasteiger partial charge in [0.05, 0.1) is 14.2 Å². The Morgan fingerprint density at radius 3 is 2.39 bits per heavy atom. The molecule has 0 aromatic heterocycles. The largest absolute Gasteiger partial charge is 0.493 e. The van der Waals surface area contributed by atoms with Gasteiger partial charge in [-0.3, -0.25) is 0 Å². The van der Waals surface area contributed by atoms with Crippen molar-refractivity contribution in [3.05, 3.63) is 42.0 Å². The molecule has 2 aromatic rings. The highest BCUT2D eigenvalue weighted by atomic mass is 32.1. The number of rotatable bonds is 3. The molecular formula is C15H15O2S. The molecule has 0 saturated carbocycles. The van der Waals surface area contributed by atoms with Crippen LogP contribution < -0.4 is 9.47 Å². The molecule has 3 heteroatoms. The Balaban J connectivity index is 2.59. The number of methoxy groups -OCH3 is 2. The van der Waals surface area contributed by atoms with Crippen LogP contribution in [-0.2, 0) is 0 Å². The Hall–Kier alpha value is -1.74. The Morgan fingerprint density at radius 1 is 1.00 bits per heavy atom. The standard InChI is InChI=1S/C15H15O2S/c1-10-7-8-11(9-14(10)18)12-5-4-6-13(16-2)15(12)17-3/h4-9H,1-3H3. The lowest BCUT2D eigenvalue weighted by Crippen LogP contribution is -1.93. The highest BCUT2D eigenvalue weighted by molar-refractivity contribution is 7.80. The third kappa shape index (κ3) is 2.27. The topological polar surface area (TPSA) is 18.5 Å². The van der Waals surface area contributed by atoms with E-state index in [2.05, 4.69) is 0 Å². The summed E-state index contributed by atoms with van der Waals surface area (Å²) in [5, 5.41) is 0. The van der Waals surface area contributed by atoms with Gasteiger partial charge in [0.1, 0.15) is 0 Å². The second-order valence-corrected chi connectivity index (χ2v) is 4.46. The van der Waals surface area contributed by atoms with E-state index in [-0.39, 0.29) is 0 Å². The van der Waals surface area contributed by atoms with Crippen molar-refractivity contribution in [2.75, 3.05) is 14.2 Å². The fourth-order valence-electron chi connectivity index (χ4n) is 1.88. The number of ether oxygens (including phenoxy) is 2. The lowest BCUT2D eigenvalue weighted by atomic mass is 10.0. The van der Waals surface area contributed by atoms with Crippen LogP contribution in [0.4, 0.5) is 0 Å². The Bertz CT molecular complexity index is 564. The summed E-state index contributed by atoms with van der Waals surface area (Å²) < 4.78 is 10.7. The molecule has 0 aliphatic rings. The van der Waals surface area contributed by atoms with Crippen LogP contribution in [0.3, 0.4) is 0 Å². The van der Waals surface area contributed by atoms with Gasteiger partial charge in [-0.2, -0.15) is 0 Å². The van der Waals surface area contributed by atoms with E-state index in [1.165, 1.54) is 0 Å². The molecule has 2 aromatic carbocycles. The molecule has 0 aliphatic carbocycles. The molecule has 18 heavy (non-hydrogen) atoms. The predicted octanol–water partition coefficient (Wildman–Crippen LogP) is 4.24. The minimum atomic E-state index is 0.724. The first kappa shape index (κ1) is 12.7. The molecule has 0 heterocycles. The summed E-state index contributed by atoms with van der Waals surface area (Å²) >= 11 is 5.31. The fraction of sp³-hybridized carbons (Fsp3) is 0.200. The van der Waals surface area contributed by atoms with Crippen LogP contribution in [0.25, 0.3) is 11.1 Å². The van der Waals surface area contributed by atoms with Crippen LogP contribution in [0.15, 0.2) is 41.3 Å². The lowest BCUT2D eigenvalue weighted by molar-refractivity contribution is 0.356. The molecular weight excluding hydrogens is 244 g/mol. The number of benzene rings is 2. The number of para-hydroxylation sites is 1. The van der Waals surface area contributed by atoms with Gasteiger partial charge in [-0.05, 0) is 30.2 Å². The maximum atomic E-state index is 5.43. The van der Waals surface area contributed by atoms with Gasteiger partial charge in [-0.25, -0.2) is 0 Å². The molecule has 2 nitrogen and oxygen atoms in total. The van der Waals surface area contributed by atoms with E-state index in [1.54, 1.807) is 14.2 Å². The van der Waals surface area contributed by atoms with Crippen molar-refractivity contribution in [1.82, 2.24) is 0 Å². The fourth-order valence-corrected chi connectivity index (χ4v) is 2.08. The summed E-state index contributed by atoms with van der Waals surface area (Å²) in [6, 6.07) is 11.9. The van der Waals surface area contributed by atoms with Crippen LogP contribution in [0.5, 0.6) is 11.5 Å². The van der Waals surface area contributed by atoms with Gasteiger partial charge in [0, 0.05) is 10.5 Å². The average molecular weight is 259 g/mol. The Labute approximate surface area is 113 Å². The zero-order valence-electron chi connectivity index (χ0n) is 10.7. The van der Waals surface area contributed by atoms with Crippen LogP contribution in [-0.4, -0.2) is 14.2 Å². The maximum absolute atomic E-state index is 5.43. The van der Waals surface area contributed by atoms with E-state index in [0.29, 0.717) is 0 Å². The zero-order chi connectivity index (χ0) is 13.1. The van der Waals surface area contributed by atoms with Crippen molar-refractivity contribution in [2.45, 2.75) is 11.8 Å². The van der Waals surface area contributed by atoms with Gasteiger partial charge in [-0.15, -0.1) is 0 Å². The smallest absolute Gasteiger partial charge is 0.168 e. The zero-order valence-corrected chi connectivity index (χ0v) is 11.5. The van der Waals surface area contributed by atoms with E-state index in [0.717, 1.165) is 33.1 Å². The van der Waals surface area contributed by atoms with Crippen molar-refractivity contribution >= 4 is 12.6 Å². The normalized spacial score (nSPS) is 10.2. The highest BCUT2D eigenvalue weighted by Crippen LogP contribution is 2.38. The van der Waals surface area contributed by atoms with E-state index < -0.39 is 0 Å². The second kappa shape index (κ2) is 5.27. The van der Waals surface area contributed by atoms with Gasteiger partial charge in [0.15, 0.2) is 11.5 Å². The minimum Gasteiger partial charge on any atom is -0.493 e. The minimum absolute atomic E-state index is 0.724. The van der Waals surface area contributed by atoms with Crippen LogP contribution in [0.2, 0.25) is 0 Å². The summed E-state index contributed by atoms with van der Waals surface area (Å²) in [7, 11) is 3.28. The summed E-state index contributed by atoms with van der Waals surface area (Å²) in [5.74, 6) is 1.46. The van der Waals surface area contributed by atoms with Gasteiger partial charge < -0.3 is 9.47 Å². The summed E-state index contributed by atoms with van der Waals surface area (Å²) in [5.41, 5.74) is 3.14. The van der Waals surface area contributed by atoms with E-state index in [1.807, 2.05) is 43.3 Å². The summed E-state index contributed by atoms with van der Waals surface area (Å²) in [6.07, 6.45) is 0. The SMILES string of the molecule is COc1cccc(-c2ccc(C)c([S])c2)c1OC. The van der Waals surface area contributed by atoms with E-state index >= 15 is 0 Å². The molecule has 0 spiro atoms. The van der Waals surface area contributed by atoms with E-state index in [4.69, 9.17) is 22.1 Å². The number of hydrogen-bond acceptors (Lipinski definition) is 2. The van der Waals surface area contributed by atoms with Crippen molar-refractivity contribution in [3.8, 4) is 22.6 Å². The van der Waals surface area contributed by atoms with Crippen molar-refractivity contribution in [2.24, 2.45) is 0 Å². The van der Waals surface area contributed by atoms with Crippen LogP contribution in [0.1, 0.15) is 5.56 Å². The van der Waals surface area contributed by atoms with Crippen molar-refractivity contribution < 1.29 is 9.47 Å². The van der Waals surface area contributed by atoms with Gasteiger partial charge in [-0.1, -0.05) is 36.9 Å². The maximum Gasteiger partial charge on any atom is 0.168 e. The van der Waals surface area contributed by atoms with Crippen molar-refractivity contribution in [1.29, 1.82) is 0 Å². The molecule has 0 amide bonds. The molecule has 93 valence electrons. The summed E-state index contributed by atoms with van der Waals surface area (Å²) in [4.78, 5) is 0.859. The monoisotopic (exact) mass is 259 g/mol. The molecule has 0 saturated heterocycles. The average Bonchev–Trinajstić information content (AvgIpc) is 2.40. The third-order valence-electron chi connectivity index (χ3n) is 2.90. The first-order valence-corrected chi connectivity index (χ1v) is 6.07.